The number of aromatic hydroxyl groups is 2. The van der Waals surface area contributed by atoms with Crippen LogP contribution in [0.1, 0.15) is 115 Å². The highest BCUT2D eigenvalue weighted by Gasteiger charge is 2.69. The molecule has 20 nitrogen and oxygen atoms in total. The number of amides is 1. The zero-order chi connectivity index (χ0) is 54.7. The Balaban J connectivity index is 0.549. The Morgan fingerprint density at radius 3 is 2.14 bits per heavy atom. The molecule has 8 aliphatic rings. The van der Waals surface area contributed by atoms with E-state index in [0.29, 0.717) is 59.6 Å². The number of phosphoric acid groups is 2. The smallest absolute Gasteiger partial charge is 0.472 e. The highest BCUT2D eigenvalue weighted by molar-refractivity contribution is 8.76. The topological polar surface area (TPSA) is 274 Å². The summed E-state index contributed by atoms with van der Waals surface area (Å²) in [5.41, 5.74) is 0.309. The number of phenolic OH excluding ortho intramolecular Hbond substituents is 2. The summed E-state index contributed by atoms with van der Waals surface area (Å²) in [7, 11) is -5.18. The van der Waals surface area contributed by atoms with E-state index in [-0.39, 0.29) is 103 Å². The molecule has 6 fully saturated rings. The first-order valence-corrected chi connectivity index (χ1v) is 32.5. The van der Waals surface area contributed by atoms with Crippen molar-refractivity contribution in [1.82, 2.24) is 5.32 Å². The Bertz CT molecular complexity index is 2780. The number of esters is 1. The van der Waals surface area contributed by atoms with Crippen molar-refractivity contribution in [3.8, 4) is 23.0 Å². The van der Waals surface area contributed by atoms with Gasteiger partial charge in [-0.3, -0.25) is 22.9 Å². The summed E-state index contributed by atoms with van der Waals surface area (Å²) in [5.74, 6) is 2.86. The lowest BCUT2D eigenvalue weighted by Crippen LogP contribution is -2.57. The van der Waals surface area contributed by atoms with Crippen LogP contribution in [0, 0.1) is 34.5 Å². The van der Waals surface area contributed by atoms with E-state index in [0.717, 1.165) is 56.5 Å². The average Bonchev–Trinajstić information content (AvgIpc) is 4.04. The fourth-order valence-corrected chi connectivity index (χ4v) is 18.5. The number of carbonyl (C=O) groups excluding carboxylic acids is 2. The number of hydrogen-bond donors (Lipinski definition) is 6. The highest BCUT2D eigenvalue weighted by Crippen LogP contribution is 2.71. The van der Waals surface area contributed by atoms with Crippen molar-refractivity contribution >= 4 is 49.1 Å². The second kappa shape index (κ2) is 22.5. The maximum Gasteiger partial charge on any atom is 0.472 e. The summed E-state index contributed by atoms with van der Waals surface area (Å²) >= 11 is 0. The number of phenols is 2. The van der Waals surface area contributed by atoms with Gasteiger partial charge in [0.25, 0.3) is 5.91 Å². The summed E-state index contributed by atoms with van der Waals surface area (Å²) in [4.78, 5) is 47.4. The predicted molar refractivity (Wildman–Crippen MR) is 284 cm³/mol. The van der Waals surface area contributed by atoms with Crippen LogP contribution in [-0.2, 0) is 56.5 Å². The minimum atomic E-state index is -4.58. The average molecular weight is 1160 g/mol. The third kappa shape index (κ3) is 10.8. The van der Waals surface area contributed by atoms with Crippen LogP contribution in [0.4, 0.5) is 0 Å². The fourth-order valence-electron chi connectivity index (χ4n) is 14.4. The van der Waals surface area contributed by atoms with E-state index in [1.54, 1.807) is 18.2 Å². The van der Waals surface area contributed by atoms with Gasteiger partial charge < -0.3 is 58.8 Å². The van der Waals surface area contributed by atoms with Gasteiger partial charge in [0, 0.05) is 70.9 Å². The molecule has 3 aromatic carbocycles. The van der Waals surface area contributed by atoms with E-state index < -0.39 is 57.7 Å². The molecule has 426 valence electrons. The molecule has 4 saturated carbocycles. The molecule has 24 heteroatoms. The van der Waals surface area contributed by atoms with Gasteiger partial charge in [-0.25, -0.2) is 13.9 Å². The number of carbonyl (C=O) groups is 2. The van der Waals surface area contributed by atoms with E-state index in [4.69, 9.17) is 46.5 Å². The molecule has 4 aliphatic heterocycles. The summed E-state index contributed by atoms with van der Waals surface area (Å²) in [5, 5.41) is 33.5. The molecule has 4 aliphatic carbocycles. The van der Waals surface area contributed by atoms with Crippen LogP contribution in [-0.4, -0.2) is 131 Å². The zero-order valence-corrected chi connectivity index (χ0v) is 47.0. The van der Waals surface area contributed by atoms with Gasteiger partial charge in [0.15, 0.2) is 11.4 Å². The normalized spacial score (nSPS) is 32.9. The molecule has 11 rings (SSSR count). The maximum absolute atomic E-state index is 13.3. The summed E-state index contributed by atoms with van der Waals surface area (Å²) in [6.45, 7) is 3.51. The molecule has 4 heterocycles. The van der Waals surface area contributed by atoms with Crippen molar-refractivity contribution in [2.75, 3.05) is 64.3 Å². The molecule has 0 aromatic heterocycles. The maximum atomic E-state index is 13.3. The molecule has 1 amide bonds. The number of benzene rings is 3. The third-order valence-electron chi connectivity index (χ3n) is 18.1. The number of fused-ring (bicyclic) bond motifs is 13. The monoisotopic (exact) mass is 1160 g/mol. The largest absolute Gasteiger partial charge is 0.508 e. The molecule has 12 atom stereocenters. The van der Waals surface area contributed by atoms with Crippen LogP contribution in [0.5, 0.6) is 23.0 Å². The second-order valence-electron chi connectivity index (χ2n) is 22.4. The number of aliphatic hydroxyl groups is 1. The van der Waals surface area contributed by atoms with Gasteiger partial charge >= 0.3 is 21.6 Å². The van der Waals surface area contributed by atoms with Crippen molar-refractivity contribution in [3.63, 3.8) is 0 Å². The molecule has 78 heavy (non-hydrogen) atoms. The van der Waals surface area contributed by atoms with Crippen LogP contribution < -0.4 is 10.1 Å². The van der Waals surface area contributed by atoms with Gasteiger partial charge in [0.2, 0.25) is 0 Å². The Morgan fingerprint density at radius 1 is 0.756 bits per heavy atom. The molecule has 2 saturated heterocycles. The van der Waals surface area contributed by atoms with Gasteiger partial charge in [-0.1, -0.05) is 35.4 Å². The Morgan fingerprint density at radius 2 is 1.44 bits per heavy atom. The SMILES string of the molecule is CC12CCC(OP(=O)(O)OCCOCCOP(=O)(O)OCC(O)COCCCNC(=O)c3ccc4c(c3)C3(OC4=O)c4ccc(O)cc4Oc4cc(O)ccc43)CC1CCC1C2CCC2(C)C1CCC21OC2CSSCC2O1. The summed E-state index contributed by atoms with van der Waals surface area (Å²) < 4.78 is 83.1. The minimum Gasteiger partial charge on any atom is -0.508 e. The van der Waals surface area contributed by atoms with E-state index in [1.807, 2.05) is 21.6 Å². The minimum absolute atomic E-state index is 0.0126. The lowest BCUT2D eigenvalue weighted by atomic mass is 9.45. The van der Waals surface area contributed by atoms with Crippen molar-refractivity contribution in [2.45, 2.75) is 114 Å². The first-order chi connectivity index (χ1) is 37.3. The van der Waals surface area contributed by atoms with Gasteiger partial charge in [0.1, 0.15) is 29.1 Å². The van der Waals surface area contributed by atoms with E-state index in [2.05, 4.69) is 19.2 Å². The first kappa shape index (κ1) is 56.6. The number of rotatable bonds is 20. The van der Waals surface area contributed by atoms with Gasteiger partial charge in [-0.2, -0.15) is 0 Å². The van der Waals surface area contributed by atoms with Crippen LogP contribution in [0.2, 0.25) is 0 Å². The second-order valence-corrected chi connectivity index (χ2v) is 27.8. The molecule has 0 bridgehead atoms. The Labute approximate surface area is 460 Å². The Kier molecular flexibility index (Phi) is 16.3. The predicted octanol–water partition coefficient (Wildman–Crippen LogP) is 8.73. The zero-order valence-electron chi connectivity index (χ0n) is 43.6. The lowest BCUT2D eigenvalue weighted by Gasteiger charge is -2.61. The van der Waals surface area contributed by atoms with Crippen LogP contribution in [0.15, 0.2) is 54.6 Å². The summed E-state index contributed by atoms with van der Waals surface area (Å²) in [6.07, 6.45) is 7.94. The summed E-state index contributed by atoms with van der Waals surface area (Å²) in [6, 6.07) is 13.3. The van der Waals surface area contributed by atoms with Crippen LogP contribution in [0.3, 0.4) is 0 Å². The van der Waals surface area contributed by atoms with E-state index >= 15 is 0 Å². The molecule has 0 radical (unpaired) electrons. The van der Waals surface area contributed by atoms with Crippen LogP contribution >= 0.6 is 37.2 Å². The lowest BCUT2D eigenvalue weighted by molar-refractivity contribution is -0.257. The van der Waals surface area contributed by atoms with Gasteiger partial charge in [-0.15, -0.1) is 0 Å². The standard InChI is InChI=1S/C54H69NO19P2S2/c1-51-15-12-37(25-33(51)5-9-38-40(51)13-16-52(2)41(38)14-17-53(52)71-47-30-77-78-31-48(47)72-53)74-76(63,64)68-23-21-65-20-22-67-75(61,62)69-29-36(58)28-66-19-3-18-55-49(59)32-4-8-39-44(24-32)54(73-50(39)60)42-10-6-34(56)26-45(42)70-46-27-35(57)7-11-43(46)54/h4,6-8,10-11,24,26-27,33,36-38,40-41,47-48,56-58H,3,5,9,12-23,25,28-31H2,1-2H3,(H,55,59)(H,61,62)(H,63,64). The highest BCUT2D eigenvalue weighted by atomic mass is 33.1. The number of hydrogen-bond acceptors (Lipinski definition) is 19. The molecular weight excluding hydrogens is 1090 g/mol. The fraction of sp³-hybridized carbons (Fsp3) is 0.630. The van der Waals surface area contributed by atoms with Crippen molar-refractivity contribution in [2.24, 2.45) is 34.5 Å². The third-order valence-corrected chi connectivity index (χ3v) is 22.6. The molecular formula is C54H69NO19P2S2. The first-order valence-electron chi connectivity index (χ1n) is 27.0. The van der Waals surface area contributed by atoms with E-state index in [1.165, 1.54) is 36.4 Å². The van der Waals surface area contributed by atoms with Crippen molar-refractivity contribution in [1.29, 1.82) is 0 Å². The molecule has 2 spiro atoms. The molecule has 3 aromatic rings. The Hall–Kier alpha value is -3.28. The number of ether oxygens (including phenoxy) is 6. The number of phosphoric ester groups is 2. The van der Waals surface area contributed by atoms with Crippen molar-refractivity contribution < 1.29 is 90.3 Å². The van der Waals surface area contributed by atoms with E-state index in [9.17, 15) is 43.8 Å². The number of nitrogens with one attached hydrogen (secondary N) is 1. The molecule has 12 unspecified atom stereocenters. The van der Waals surface area contributed by atoms with Gasteiger partial charge in [0.05, 0.1) is 63.5 Å². The molecule has 6 N–H and O–H groups in total. The number of aliphatic hydroxyl groups excluding tert-OH is 1. The van der Waals surface area contributed by atoms with Crippen molar-refractivity contribution in [3.05, 3.63) is 82.4 Å². The van der Waals surface area contributed by atoms with Crippen LogP contribution in [0.25, 0.3) is 0 Å². The quantitative estimate of drug-likeness (QED) is 0.0267. The van der Waals surface area contributed by atoms with Gasteiger partial charge in [-0.05, 0) is 129 Å².